The minimum absolute atomic E-state index is 0.0344. The summed E-state index contributed by atoms with van der Waals surface area (Å²) in [5.74, 6) is -3.72. The quantitative estimate of drug-likeness (QED) is 0.211. The van der Waals surface area contributed by atoms with Crippen molar-refractivity contribution in [2.24, 2.45) is 0 Å². The largest absolute Gasteiger partial charge is 0.480 e. The molecule has 2 atom stereocenters. The third kappa shape index (κ3) is 8.38. The van der Waals surface area contributed by atoms with Crippen LogP contribution in [0.1, 0.15) is 12.8 Å². The molecule has 0 unspecified atom stereocenters. The lowest BCUT2D eigenvalue weighted by atomic mass is 10.1. The van der Waals surface area contributed by atoms with Crippen LogP contribution in [0.25, 0.3) is 0 Å². The van der Waals surface area contributed by atoms with Crippen molar-refractivity contribution in [2.75, 3.05) is 12.3 Å². The zero-order valence-corrected chi connectivity index (χ0v) is 12.5. The maximum Gasteiger partial charge on any atom is 0.322 e. The molecule has 9 nitrogen and oxygen atoms in total. The van der Waals surface area contributed by atoms with Crippen molar-refractivity contribution >= 4 is 48.2 Å². The van der Waals surface area contributed by atoms with Crippen LogP contribution in [0.5, 0.6) is 0 Å². The Morgan fingerprint density at radius 1 is 1.14 bits per heavy atom. The van der Waals surface area contributed by atoms with E-state index in [1.54, 1.807) is 0 Å². The molecule has 120 valence electrons. The van der Waals surface area contributed by atoms with E-state index >= 15 is 0 Å². The molecule has 11 heteroatoms. The predicted molar refractivity (Wildman–Crippen MR) is 76.1 cm³/mol. The zero-order chi connectivity index (χ0) is 16.4. The van der Waals surface area contributed by atoms with Crippen LogP contribution < -0.4 is 15.5 Å². The Morgan fingerprint density at radius 2 is 1.76 bits per heavy atom. The fourth-order valence-electron chi connectivity index (χ4n) is 1.25. The summed E-state index contributed by atoms with van der Waals surface area (Å²) in [7, 11) is 0. The number of hydrogen-bond acceptors (Lipinski definition) is 6. The van der Waals surface area contributed by atoms with Gasteiger partial charge in [0.2, 0.25) is 11.8 Å². The summed E-state index contributed by atoms with van der Waals surface area (Å²) >= 11 is 9.09. The van der Waals surface area contributed by atoms with Crippen LogP contribution in [0.3, 0.4) is 0 Å². The molecule has 21 heavy (non-hydrogen) atoms. The number of rotatable bonds is 10. The molecule has 0 bridgehead atoms. The number of carboxylic acids is 2. The smallest absolute Gasteiger partial charge is 0.322 e. The van der Waals surface area contributed by atoms with Crippen molar-refractivity contribution in [1.29, 1.82) is 0 Å². The first-order chi connectivity index (χ1) is 9.81. The van der Waals surface area contributed by atoms with E-state index in [-0.39, 0.29) is 18.6 Å². The molecule has 0 aliphatic carbocycles. The maximum absolute atomic E-state index is 11.6. The third-order valence-electron chi connectivity index (χ3n) is 2.34. The SMILES string of the molecule is O=C(O)CNC(=O)[C@H](CS)NC(=O)CC[C@H](NCl)C(=O)O. The van der Waals surface area contributed by atoms with Crippen molar-refractivity contribution < 1.29 is 29.4 Å². The Labute approximate surface area is 130 Å². The van der Waals surface area contributed by atoms with E-state index in [1.165, 1.54) is 0 Å². The van der Waals surface area contributed by atoms with E-state index in [2.05, 4.69) is 23.3 Å². The van der Waals surface area contributed by atoms with Crippen molar-refractivity contribution in [3.05, 3.63) is 0 Å². The topological polar surface area (TPSA) is 145 Å². The number of hydrogen-bond donors (Lipinski definition) is 6. The van der Waals surface area contributed by atoms with E-state index in [4.69, 9.17) is 22.0 Å². The van der Waals surface area contributed by atoms with Crippen LogP contribution in [0.4, 0.5) is 0 Å². The minimum Gasteiger partial charge on any atom is -0.480 e. The minimum atomic E-state index is -1.22. The van der Waals surface area contributed by atoms with Gasteiger partial charge in [0.1, 0.15) is 18.6 Å². The first kappa shape index (κ1) is 19.5. The first-order valence-electron chi connectivity index (χ1n) is 5.80. The maximum atomic E-state index is 11.6. The highest BCUT2D eigenvalue weighted by molar-refractivity contribution is 7.80. The monoisotopic (exact) mass is 341 g/mol. The molecule has 0 aromatic rings. The van der Waals surface area contributed by atoms with Gasteiger partial charge in [0, 0.05) is 12.2 Å². The van der Waals surface area contributed by atoms with Crippen molar-refractivity contribution in [1.82, 2.24) is 15.5 Å². The average Bonchev–Trinajstić information content (AvgIpc) is 2.42. The second kappa shape index (κ2) is 10.2. The predicted octanol–water partition coefficient (Wildman–Crippen LogP) is -1.42. The number of aliphatic carboxylic acids is 2. The zero-order valence-electron chi connectivity index (χ0n) is 10.8. The van der Waals surface area contributed by atoms with Gasteiger partial charge in [-0.3, -0.25) is 19.2 Å². The Kier molecular flexibility index (Phi) is 9.50. The van der Waals surface area contributed by atoms with E-state index < -0.39 is 42.4 Å². The average molecular weight is 342 g/mol. The number of amides is 2. The number of halogens is 1. The van der Waals surface area contributed by atoms with Gasteiger partial charge in [-0.2, -0.15) is 12.6 Å². The second-order valence-electron chi connectivity index (χ2n) is 3.95. The van der Waals surface area contributed by atoms with Crippen LogP contribution in [0.2, 0.25) is 0 Å². The van der Waals surface area contributed by atoms with Crippen molar-refractivity contribution in [3.63, 3.8) is 0 Å². The highest BCUT2D eigenvalue weighted by atomic mass is 35.5. The molecule has 0 saturated heterocycles. The van der Waals surface area contributed by atoms with Crippen molar-refractivity contribution in [3.8, 4) is 0 Å². The van der Waals surface area contributed by atoms with Gasteiger partial charge in [0.15, 0.2) is 0 Å². The third-order valence-corrected chi connectivity index (χ3v) is 2.97. The Morgan fingerprint density at radius 3 is 2.19 bits per heavy atom. The van der Waals surface area contributed by atoms with Gasteiger partial charge >= 0.3 is 11.9 Å². The summed E-state index contributed by atoms with van der Waals surface area (Å²) in [6, 6.07) is -2.10. The Balaban J connectivity index is 4.29. The van der Waals surface area contributed by atoms with Gasteiger partial charge in [-0.15, -0.1) is 0 Å². The number of carbonyl (C=O) groups excluding carboxylic acids is 2. The molecule has 0 rings (SSSR count). The molecule has 0 fully saturated rings. The van der Waals surface area contributed by atoms with E-state index in [9.17, 15) is 19.2 Å². The summed E-state index contributed by atoms with van der Waals surface area (Å²) in [6.07, 6.45) is -0.242. The van der Waals surface area contributed by atoms with E-state index in [1.807, 2.05) is 4.84 Å². The first-order valence-corrected chi connectivity index (χ1v) is 6.81. The molecule has 0 saturated carbocycles. The molecule has 5 N–H and O–H groups in total. The molecule has 2 amide bonds. The van der Waals surface area contributed by atoms with Crippen LogP contribution in [0, 0.1) is 0 Å². The molecule has 0 aliphatic heterocycles. The van der Waals surface area contributed by atoms with Crippen LogP contribution in [-0.4, -0.2) is 58.3 Å². The summed E-state index contributed by atoms with van der Waals surface area (Å²) in [5, 5.41) is 21.6. The van der Waals surface area contributed by atoms with E-state index in [0.717, 1.165) is 0 Å². The number of carbonyl (C=O) groups is 4. The van der Waals surface area contributed by atoms with Crippen LogP contribution >= 0.6 is 24.4 Å². The lowest BCUT2D eigenvalue weighted by Crippen LogP contribution is -2.49. The molecular formula is C10H16ClN3O6S. The fraction of sp³-hybridized carbons (Fsp3) is 0.600. The molecule has 0 spiro atoms. The Hall–Kier alpha value is -1.52. The van der Waals surface area contributed by atoms with Crippen molar-refractivity contribution in [2.45, 2.75) is 24.9 Å². The van der Waals surface area contributed by atoms with Gasteiger partial charge < -0.3 is 20.8 Å². The number of thiol groups is 1. The molecule has 0 aromatic heterocycles. The summed E-state index contributed by atoms with van der Waals surface area (Å²) in [6.45, 7) is -0.573. The highest BCUT2D eigenvalue weighted by Gasteiger charge is 2.22. The molecular weight excluding hydrogens is 326 g/mol. The van der Waals surface area contributed by atoms with Gasteiger partial charge in [-0.25, -0.2) is 4.84 Å². The summed E-state index contributed by atoms with van der Waals surface area (Å²) in [4.78, 5) is 46.1. The molecule has 0 radical (unpaired) electrons. The standard InChI is InChI=1S/C10H16ClN3O6S/c11-14-5(10(19)20)1-2-7(15)13-6(4-21)9(18)12-3-8(16)17/h5-6,14,21H,1-4H2,(H,12,18)(H,13,15)(H,16,17)(H,19,20)/t5-,6-/m0/s1. The lowest BCUT2D eigenvalue weighted by Gasteiger charge is -2.16. The number of nitrogens with one attached hydrogen (secondary N) is 3. The summed E-state index contributed by atoms with van der Waals surface area (Å²) < 4.78 is 0. The number of carboxylic acid groups (broad SMARTS) is 2. The van der Waals surface area contributed by atoms with Gasteiger partial charge in [0.05, 0.1) is 0 Å². The van der Waals surface area contributed by atoms with Crippen LogP contribution in [-0.2, 0) is 19.2 Å². The molecule has 0 aliphatic rings. The van der Waals surface area contributed by atoms with Gasteiger partial charge in [-0.1, -0.05) is 0 Å². The van der Waals surface area contributed by atoms with Gasteiger partial charge in [0.25, 0.3) is 0 Å². The lowest BCUT2D eigenvalue weighted by molar-refractivity contribution is -0.139. The second-order valence-corrected chi connectivity index (χ2v) is 4.54. The van der Waals surface area contributed by atoms with Gasteiger partial charge in [-0.05, 0) is 18.2 Å². The van der Waals surface area contributed by atoms with E-state index in [0.29, 0.717) is 0 Å². The summed E-state index contributed by atoms with van der Waals surface area (Å²) in [5.41, 5.74) is 0. The Bertz CT molecular complexity index is 408. The normalized spacial score (nSPS) is 13.0. The highest BCUT2D eigenvalue weighted by Crippen LogP contribution is 2.00. The van der Waals surface area contributed by atoms with Crippen LogP contribution in [0.15, 0.2) is 0 Å². The fourth-order valence-corrected chi connectivity index (χ4v) is 1.71. The molecule has 0 aromatic carbocycles. The molecule has 0 heterocycles.